The normalized spacial score (nSPS) is 9.48. The zero-order valence-corrected chi connectivity index (χ0v) is 13.3. The van der Waals surface area contributed by atoms with Crippen LogP contribution in [0.25, 0.3) is 0 Å². The molecule has 2 aromatic carbocycles. The van der Waals surface area contributed by atoms with Crippen LogP contribution in [-0.2, 0) is 11.3 Å². The van der Waals surface area contributed by atoms with Crippen LogP contribution in [0.15, 0.2) is 48.5 Å². The number of amides is 1. The molecular formula is C19H19NO3. The molecular weight excluding hydrogens is 290 g/mol. The van der Waals surface area contributed by atoms with E-state index in [0.29, 0.717) is 0 Å². The number of rotatable bonds is 4. The number of hydrogen-bond acceptors (Lipinski definition) is 3. The van der Waals surface area contributed by atoms with Crippen molar-refractivity contribution in [3.8, 4) is 17.6 Å². The molecule has 4 nitrogen and oxygen atoms in total. The number of alkyl carbamates (subject to hydrolysis) is 1. The highest BCUT2D eigenvalue weighted by Crippen LogP contribution is 2.18. The minimum absolute atomic E-state index is 0.226. The molecule has 118 valence electrons. The number of carbonyl (C=O) groups excluding carboxylic acids is 1. The van der Waals surface area contributed by atoms with Crippen molar-refractivity contribution in [3.63, 3.8) is 0 Å². The Morgan fingerprint density at radius 2 is 1.96 bits per heavy atom. The fraction of sp³-hybridized carbons (Fsp3) is 0.211. The summed E-state index contributed by atoms with van der Waals surface area (Å²) in [6, 6.07) is 15.3. The third-order valence-corrected chi connectivity index (χ3v) is 3.17. The number of nitrogens with one attached hydrogen (secondary N) is 1. The molecule has 0 saturated carbocycles. The smallest absolute Gasteiger partial charge is 0.408 e. The molecule has 1 amide bonds. The van der Waals surface area contributed by atoms with Gasteiger partial charge in [0.15, 0.2) is 0 Å². The highest BCUT2D eigenvalue weighted by molar-refractivity contribution is 5.67. The van der Waals surface area contributed by atoms with Gasteiger partial charge < -0.3 is 14.8 Å². The Kier molecular flexibility index (Phi) is 6.07. The van der Waals surface area contributed by atoms with Gasteiger partial charge in [0.2, 0.25) is 0 Å². The zero-order chi connectivity index (χ0) is 16.5. The molecule has 0 radical (unpaired) electrons. The first-order valence-corrected chi connectivity index (χ1v) is 7.27. The Balaban J connectivity index is 1.77. The second kappa shape index (κ2) is 8.50. The summed E-state index contributed by atoms with van der Waals surface area (Å²) in [5.41, 5.74) is 2.84. The molecule has 0 heterocycles. The number of benzene rings is 2. The van der Waals surface area contributed by atoms with Crippen LogP contribution < -0.4 is 10.1 Å². The Morgan fingerprint density at radius 3 is 2.70 bits per heavy atom. The third-order valence-electron chi connectivity index (χ3n) is 3.17. The van der Waals surface area contributed by atoms with Crippen molar-refractivity contribution in [1.82, 2.24) is 5.32 Å². The van der Waals surface area contributed by atoms with Crippen LogP contribution in [0.4, 0.5) is 4.79 Å². The lowest BCUT2D eigenvalue weighted by Crippen LogP contribution is -2.24. The number of ether oxygens (including phenoxy) is 2. The molecule has 23 heavy (non-hydrogen) atoms. The fourth-order valence-electron chi connectivity index (χ4n) is 1.93. The van der Waals surface area contributed by atoms with Gasteiger partial charge in [-0.2, -0.15) is 0 Å². The van der Waals surface area contributed by atoms with Crippen LogP contribution in [0.3, 0.4) is 0 Å². The first-order valence-electron chi connectivity index (χ1n) is 7.27. The Bertz CT molecular complexity index is 714. The van der Waals surface area contributed by atoms with E-state index in [9.17, 15) is 4.79 Å². The van der Waals surface area contributed by atoms with E-state index in [4.69, 9.17) is 9.47 Å². The Hall–Kier alpha value is -2.93. The van der Waals surface area contributed by atoms with Gasteiger partial charge in [0, 0.05) is 5.56 Å². The van der Waals surface area contributed by atoms with Crippen LogP contribution in [0.1, 0.15) is 16.7 Å². The third kappa shape index (κ3) is 5.40. The molecule has 0 aliphatic carbocycles. The molecule has 0 aromatic heterocycles. The van der Waals surface area contributed by atoms with Gasteiger partial charge >= 0.3 is 6.09 Å². The molecule has 0 bridgehead atoms. The van der Waals surface area contributed by atoms with Crippen molar-refractivity contribution >= 4 is 6.09 Å². The quantitative estimate of drug-likeness (QED) is 0.882. The molecule has 0 unspecified atom stereocenters. The second-order valence-corrected chi connectivity index (χ2v) is 4.90. The van der Waals surface area contributed by atoms with E-state index >= 15 is 0 Å². The molecule has 0 aliphatic rings. The van der Waals surface area contributed by atoms with E-state index in [1.165, 1.54) is 0 Å². The first kappa shape index (κ1) is 16.4. The van der Waals surface area contributed by atoms with Crippen LogP contribution >= 0.6 is 0 Å². The summed E-state index contributed by atoms with van der Waals surface area (Å²) in [7, 11) is 1.63. The molecule has 4 heteroatoms. The van der Waals surface area contributed by atoms with Crippen molar-refractivity contribution < 1.29 is 14.3 Å². The average molecular weight is 309 g/mol. The summed E-state index contributed by atoms with van der Waals surface area (Å²) in [5.74, 6) is 6.66. The van der Waals surface area contributed by atoms with Crippen molar-refractivity contribution in [1.29, 1.82) is 0 Å². The molecule has 0 atom stereocenters. The van der Waals surface area contributed by atoms with Crippen LogP contribution in [0.5, 0.6) is 5.75 Å². The van der Waals surface area contributed by atoms with E-state index in [1.807, 2.05) is 55.5 Å². The summed E-state index contributed by atoms with van der Waals surface area (Å²) in [4.78, 5) is 11.6. The predicted molar refractivity (Wildman–Crippen MR) is 89.2 cm³/mol. The van der Waals surface area contributed by atoms with E-state index < -0.39 is 6.09 Å². The molecule has 1 N–H and O–H groups in total. The van der Waals surface area contributed by atoms with Gasteiger partial charge in [-0.1, -0.05) is 48.2 Å². The largest absolute Gasteiger partial charge is 0.496 e. The summed E-state index contributed by atoms with van der Waals surface area (Å²) in [5, 5.41) is 2.60. The van der Waals surface area contributed by atoms with Crippen LogP contribution in [0, 0.1) is 18.8 Å². The summed E-state index contributed by atoms with van der Waals surface area (Å²) in [6.07, 6.45) is -0.482. The van der Waals surface area contributed by atoms with E-state index in [2.05, 4.69) is 17.2 Å². The van der Waals surface area contributed by atoms with Gasteiger partial charge in [0.05, 0.1) is 13.7 Å². The van der Waals surface area contributed by atoms with E-state index in [-0.39, 0.29) is 13.2 Å². The summed E-state index contributed by atoms with van der Waals surface area (Å²) >= 11 is 0. The predicted octanol–water partition coefficient (Wildman–Crippen LogP) is 3.28. The van der Waals surface area contributed by atoms with Crippen LogP contribution in [0.2, 0.25) is 0 Å². The lowest BCUT2D eigenvalue weighted by atomic mass is 10.1. The Labute approximate surface area is 136 Å². The average Bonchev–Trinajstić information content (AvgIpc) is 2.59. The minimum Gasteiger partial charge on any atom is -0.496 e. The molecule has 2 aromatic rings. The standard InChI is InChI=1S/C19H19NO3/c1-15-10-11-16(13-18(15)22-2)9-6-12-20-19(21)23-14-17-7-4-3-5-8-17/h3-5,7-8,10-11,13H,12,14H2,1-2H3,(H,20,21). The van der Waals surface area contributed by atoms with Gasteiger partial charge in [0.1, 0.15) is 12.4 Å². The van der Waals surface area contributed by atoms with Gasteiger partial charge in [-0.25, -0.2) is 4.79 Å². The highest BCUT2D eigenvalue weighted by atomic mass is 16.5. The number of aryl methyl sites for hydroxylation is 1. The van der Waals surface area contributed by atoms with Crippen LogP contribution in [-0.4, -0.2) is 19.7 Å². The zero-order valence-electron chi connectivity index (χ0n) is 13.3. The summed E-state index contributed by atoms with van der Waals surface area (Å²) in [6.45, 7) is 2.44. The first-order chi connectivity index (χ1) is 11.2. The molecule has 0 spiro atoms. The van der Waals surface area contributed by atoms with E-state index in [1.54, 1.807) is 7.11 Å². The number of hydrogen-bond donors (Lipinski definition) is 1. The highest BCUT2D eigenvalue weighted by Gasteiger charge is 2.00. The van der Waals surface area contributed by atoms with E-state index in [0.717, 1.165) is 22.4 Å². The lowest BCUT2D eigenvalue weighted by molar-refractivity contribution is 0.141. The monoisotopic (exact) mass is 309 g/mol. The SMILES string of the molecule is COc1cc(C#CCNC(=O)OCc2ccccc2)ccc1C. The maximum atomic E-state index is 11.6. The van der Waals surface area contributed by atoms with Gasteiger partial charge in [-0.3, -0.25) is 0 Å². The lowest BCUT2D eigenvalue weighted by Gasteiger charge is -2.05. The molecule has 0 fully saturated rings. The molecule has 0 aliphatic heterocycles. The summed E-state index contributed by atoms with van der Waals surface area (Å²) < 4.78 is 10.3. The number of methoxy groups -OCH3 is 1. The number of carbonyl (C=O) groups is 1. The van der Waals surface area contributed by atoms with Crippen molar-refractivity contribution in [3.05, 3.63) is 65.2 Å². The topological polar surface area (TPSA) is 47.6 Å². The Morgan fingerprint density at radius 1 is 1.17 bits per heavy atom. The van der Waals surface area contributed by atoms with Crippen molar-refractivity contribution in [2.45, 2.75) is 13.5 Å². The van der Waals surface area contributed by atoms with Crippen molar-refractivity contribution in [2.24, 2.45) is 0 Å². The molecule has 2 rings (SSSR count). The fourth-order valence-corrected chi connectivity index (χ4v) is 1.93. The molecule has 0 saturated heterocycles. The second-order valence-electron chi connectivity index (χ2n) is 4.90. The van der Waals surface area contributed by atoms with Gasteiger partial charge in [-0.05, 0) is 30.2 Å². The maximum Gasteiger partial charge on any atom is 0.408 e. The van der Waals surface area contributed by atoms with Crippen molar-refractivity contribution in [2.75, 3.05) is 13.7 Å². The minimum atomic E-state index is -0.482. The van der Waals surface area contributed by atoms with Gasteiger partial charge in [0.25, 0.3) is 0 Å². The maximum absolute atomic E-state index is 11.6. The van der Waals surface area contributed by atoms with Gasteiger partial charge in [-0.15, -0.1) is 0 Å².